The van der Waals surface area contributed by atoms with Gasteiger partial charge < -0.3 is 10.1 Å². The number of rotatable bonds is 6. The molecule has 35 heavy (non-hydrogen) atoms. The van der Waals surface area contributed by atoms with Crippen LogP contribution >= 0.6 is 11.6 Å². The van der Waals surface area contributed by atoms with Crippen LogP contribution in [0.25, 0.3) is 11.8 Å². The van der Waals surface area contributed by atoms with Crippen molar-refractivity contribution >= 4 is 23.4 Å². The molecule has 2 fully saturated rings. The Morgan fingerprint density at radius 3 is 2.49 bits per heavy atom. The maximum Gasteiger partial charge on any atom is 0.258 e. The van der Waals surface area contributed by atoms with E-state index < -0.39 is 0 Å². The minimum atomic E-state index is -0.0704. The Labute approximate surface area is 211 Å². The first-order valence-corrected chi connectivity index (χ1v) is 12.8. The number of nitrogens with one attached hydrogen (secondary N) is 1. The van der Waals surface area contributed by atoms with Gasteiger partial charge in [0.25, 0.3) is 5.56 Å². The number of hydrogen-bond donors (Lipinski definition) is 1. The Bertz CT molecular complexity index is 1300. The van der Waals surface area contributed by atoms with Gasteiger partial charge in [-0.05, 0) is 84.3 Å². The van der Waals surface area contributed by atoms with Crippen LogP contribution in [0.1, 0.15) is 28.7 Å². The van der Waals surface area contributed by atoms with Gasteiger partial charge in [-0.25, -0.2) is 0 Å². The molecule has 0 saturated carbocycles. The molecule has 2 aliphatic heterocycles. The van der Waals surface area contributed by atoms with Crippen molar-refractivity contribution in [3.63, 3.8) is 0 Å². The zero-order chi connectivity index (χ0) is 23.8. The van der Waals surface area contributed by atoms with Crippen molar-refractivity contribution in [1.29, 1.82) is 0 Å². The van der Waals surface area contributed by atoms with Crippen LogP contribution in [-0.2, 0) is 19.6 Å². The minimum Gasteiger partial charge on any atom is -0.489 e. The molecule has 6 heteroatoms. The topological polar surface area (TPSA) is 46.5 Å². The quantitative estimate of drug-likeness (QED) is 0.548. The van der Waals surface area contributed by atoms with E-state index in [0.29, 0.717) is 17.4 Å². The van der Waals surface area contributed by atoms with Crippen molar-refractivity contribution in [2.45, 2.75) is 26.0 Å². The van der Waals surface area contributed by atoms with Gasteiger partial charge in [-0.15, -0.1) is 0 Å². The molecule has 2 saturated heterocycles. The monoisotopic (exact) mass is 487 g/mol. The fraction of sp³-hybridized carbons (Fsp3) is 0.345. The fourth-order valence-corrected chi connectivity index (χ4v) is 5.82. The molecule has 0 unspecified atom stereocenters. The average molecular weight is 488 g/mol. The predicted octanol–water partition coefficient (Wildman–Crippen LogP) is 4.68. The van der Waals surface area contributed by atoms with Gasteiger partial charge in [0.05, 0.1) is 0 Å². The smallest absolute Gasteiger partial charge is 0.258 e. The Kier molecular flexibility index (Phi) is 6.23. The van der Waals surface area contributed by atoms with E-state index in [1.807, 2.05) is 36.5 Å². The molecule has 3 aromatic rings. The summed E-state index contributed by atoms with van der Waals surface area (Å²) < 4.78 is 7.56. The average Bonchev–Trinajstić information content (AvgIpc) is 3.45. The lowest BCUT2D eigenvalue weighted by molar-refractivity contribution is 0.305. The molecular formula is C29H30ClN3O2. The first-order chi connectivity index (χ1) is 17.1. The van der Waals surface area contributed by atoms with Crippen molar-refractivity contribution < 1.29 is 4.74 Å². The third kappa shape index (κ3) is 4.94. The van der Waals surface area contributed by atoms with E-state index in [9.17, 15) is 4.79 Å². The summed E-state index contributed by atoms with van der Waals surface area (Å²) in [6, 6.07) is 17.8. The molecule has 0 radical (unpaired) electrons. The van der Waals surface area contributed by atoms with Crippen LogP contribution in [0.5, 0.6) is 5.75 Å². The number of benzene rings is 2. The van der Waals surface area contributed by atoms with Crippen LogP contribution in [0.15, 0.2) is 65.6 Å². The van der Waals surface area contributed by atoms with Gasteiger partial charge in [-0.2, -0.15) is 0 Å². The lowest BCUT2D eigenvalue weighted by atomic mass is 9.93. The number of aryl methyl sites for hydroxylation is 1. The Morgan fingerprint density at radius 2 is 1.71 bits per heavy atom. The summed E-state index contributed by atoms with van der Waals surface area (Å²) in [5.41, 5.74) is 5.95. The number of halogens is 1. The highest BCUT2D eigenvalue weighted by Gasteiger charge is 2.35. The lowest BCUT2D eigenvalue weighted by Gasteiger charge is -2.21. The minimum absolute atomic E-state index is 0.0704. The van der Waals surface area contributed by atoms with Crippen LogP contribution in [-0.4, -0.2) is 35.6 Å². The third-order valence-corrected chi connectivity index (χ3v) is 7.82. The molecule has 0 spiro atoms. The van der Waals surface area contributed by atoms with Crippen molar-refractivity contribution in [2.75, 3.05) is 26.2 Å². The van der Waals surface area contributed by atoms with E-state index in [1.54, 1.807) is 10.6 Å². The zero-order valence-corrected chi connectivity index (χ0v) is 20.5. The van der Waals surface area contributed by atoms with Crippen molar-refractivity contribution in [3.8, 4) is 5.75 Å². The molecule has 1 aliphatic carbocycles. The van der Waals surface area contributed by atoms with E-state index in [2.05, 4.69) is 34.5 Å². The lowest BCUT2D eigenvalue weighted by Crippen LogP contribution is -2.25. The summed E-state index contributed by atoms with van der Waals surface area (Å²) in [4.78, 5) is 15.5. The van der Waals surface area contributed by atoms with Crippen LogP contribution in [0, 0.1) is 11.8 Å². The molecule has 0 bridgehead atoms. The van der Waals surface area contributed by atoms with Gasteiger partial charge in [0, 0.05) is 42.6 Å². The van der Waals surface area contributed by atoms with Gasteiger partial charge >= 0.3 is 0 Å². The molecular weight excluding hydrogens is 458 g/mol. The molecule has 0 amide bonds. The fourth-order valence-electron chi connectivity index (χ4n) is 5.69. The maximum absolute atomic E-state index is 12.9. The summed E-state index contributed by atoms with van der Waals surface area (Å²) >= 11 is 5.94. The van der Waals surface area contributed by atoms with E-state index in [4.69, 9.17) is 16.3 Å². The molecule has 5 nitrogen and oxygen atoms in total. The highest BCUT2D eigenvalue weighted by atomic mass is 35.5. The number of aromatic nitrogens is 1. The van der Waals surface area contributed by atoms with Gasteiger partial charge in [0.1, 0.15) is 12.4 Å². The van der Waals surface area contributed by atoms with Gasteiger partial charge in [-0.1, -0.05) is 41.9 Å². The van der Waals surface area contributed by atoms with Crippen molar-refractivity contribution in [3.05, 3.63) is 98.4 Å². The van der Waals surface area contributed by atoms with E-state index in [0.717, 1.165) is 42.5 Å². The Morgan fingerprint density at radius 1 is 0.943 bits per heavy atom. The number of fused-ring (bicyclic) bond motifs is 2. The summed E-state index contributed by atoms with van der Waals surface area (Å²) in [6.07, 6.45) is 5.78. The van der Waals surface area contributed by atoms with E-state index >= 15 is 0 Å². The van der Waals surface area contributed by atoms with E-state index in [1.165, 1.54) is 42.9 Å². The van der Waals surface area contributed by atoms with Gasteiger partial charge in [0.2, 0.25) is 0 Å². The summed E-state index contributed by atoms with van der Waals surface area (Å²) in [5, 5.41) is 4.22. The van der Waals surface area contributed by atoms with Crippen LogP contribution in [0.2, 0.25) is 5.02 Å². The second-order valence-corrected chi connectivity index (χ2v) is 10.5. The Hall–Kier alpha value is -2.86. The number of hydrogen-bond acceptors (Lipinski definition) is 4. The van der Waals surface area contributed by atoms with Gasteiger partial charge in [-0.3, -0.25) is 14.3 Å². The molecule has 3 heterocycles. The SMILES string of the molecule is O=c1cc(OCc2ccc(Cl)cc2)ccn1C1=Cc2ccc(CN3C[C@H]4CNC[C@H]4C3)cc2CC1. The zero-order valence-electron chi connectivity index (χ0n) is 19.8. The molecule has 6 rings (SSSR count). The van der Waals surface area contributed by atoms with Crippen LogP contribution in [0.4, 0.5) is 0 Å². The van der Waals surface area contributed by atoms with Crippen molar-refractivity contribution in [2.24, 2.45) is 11.8 Å². The van der Waals surface area contributed by atoms with Crippen LogP contribution in [0.3, 0.4) is 0 Å². The van der Waals surface area contributed by atoms with Crippen molar-refractivity contribution in [1.82, 2.24) is 14.8 Å². The summed E-state index contributed by atoms with van der Waals surface area (Å²) in [5.74, 6) is 2.22. The summed E-state index contributed by atoms with van der Waals surface area (Å²) in [7, 11) is 0. The molecule has 3 aliphatic rings. The Balaban J connectivity index is 1.13. The van der Waals surface area contributed by atoms with Crippen LogP contribution < -0.4 is 15.6 Å². The molecule has 1 N–H and O–H groups in total. The maximum atomic E-state index is 12.9. The number of allylic oxidation sites excluding steroid dienone is 1. The standard InChI is InChI=1S/C29H30ClN3O2/c30-26-6-2-20(3-7-26)19-35-28-9-10-33(29(34)13-28)27-8-5-22-11-21(1-4-23(22)12-27)16-32-17-24-14-31-15-25(24)18-32/h1-4,6-7,9-13,24-25,31H,5,8,14-19H2/t24-,25+. The van der Waals surface area contributed by atoms with E-state index in [-0.39, 0.29) is 5.56 Å². The number of likely N-dealkylation sites (tertiary alicyclic amines) is 1. The highest BCUT2D eigenvalue weighted by Crippen LogP contribution is 2.30. The normalized spacial score (nSPS) is 21.5. The molecule has 2 aromatic carbocycles. The third-order valence-electron chi connectivity index (χ3n) is 7.57. The molecule has 1 aromatic heterocycles. The first kappa shape index (κ1) is 22.6. The predicted molar refractivity (Wildman–Crippen MR) is 141 cm³/mol. The number of ether oxygens (including phenoxy) is 1. The molecule has 2 atom stereocenters. The number of nitrogens with zero attached hydrogens (tertiary/aromatic N) is 2. The first-order valence-electron chi connectivity index (χ1n) is 12.5. The van der Waals surface area contributed by atoms with Gasteiger partial charge in [0.15, 0.2) is 0 Å². The molecule has 180 valence electrons. The number of pyridine rings is 1. The second kappa shape index (κ2) is 9.65. The highest BCUT2D eigenvalue weighted by molar-refractivity contribution is 6.30. The largest absolute Gasteiger partial charge is 0.489 e. The second-order valence-electron chi connectivity index (χ2n) is 10.0. The summed E-state index contributed by atoms with van der Waals surface area (Å²) in [6.45, 7) is 6.20.